The van der Waals surface area contributed by atoms with E-state index in [4.69, 9.17) is 11.6 Å². The number of para-hydroxylation sites is 1. The van der Waals surface area contributed by atoms with Gasteiger partial charge in [-0.15, -0.1) is 0 Å². The summed E-state index contributed by atoms with van der Waals surface area (Å²) in [5.41, 5.74) is 1.24. The molecular weight excluding hydrogens is 334 g/mol. The molecule has 25 heavy (non-hydrogen) atoms. The molecule has 4 saturated carbocycles. The van der Waals surface area contributed by atoms with Crippen molar-refractivity contribution in [2.24, 2.45) is 17.8 Å². The lowest BCUT2D eigenvalue weighted by Crippen LogP contribution is -2.55. The lowest BCUT2D eigenvalue weighted by Gasteiger charge is -2.56. The van der Waals surface area contributed by atoms with Crippen molar-refractivity contribution in [3.8, 4) is 0 Å². The first kappa shape index (κ1) is 15.4. The van der Waals surface area contributed by atoms with Gasteiger partial charge in [-0.2, -0.15) is 5.10 Å². The Labute approximate surface area is 152 Å². The van der Waals surface area contributed by atoms with E-state index < -0.39 is 0 Å². The van der Waals surface area contributed by atoms with E-state index in [1.807, 2.05) is 30.3 Å². The second-order valence-electron chi connectivity index (χ2n) is 8.22. The quantitative estimate of drug-likeness (QED) is 0.877. The molecule has 5 heteroatoms. The monoisotopic (exact) mass is 355 g/mol. The Balaban J connectivity index is 1.51. The van der Waals surface area contributed by atoms with E-state index in [1.165, 1.54) is 19.3 Å². The molecule has 4 aliphatic carbocycles. The van der Waals surface area contributed by atoms with E-state index in [-0.39, 0.29) is 16.1 Å². The molecule has 0 aliphatic heterocycles. The van der Waals surface area contributed by atoms with Crippen LogP contribution in [0.1, 0.15) is 38.5 Å². The molecule has 0 spiro atoms. The number of hydrogen-bond donors (Lipinski definition) is 1. The Morgan fingerprint density at radius 1 is 1.04 bits per heavy atom. The minimum atomic E-state index is -0.149. The van der Waals surface area contributed by atoms with Gasteiger partial charge in [0.2, 0.25) is 0 Å². The molecule has 0 amide bonds. The van der Waals surface area contributed by atoms with Crippen LogP contribution in [0.2, 0.25) is 5.02 Å². The number of anilines is 2. The molecule has 1 aromatic carbocycles. The standard InChI is InChI=1S/C20H22ClN3O/c21-18-17(23-16-4-2-1-3-5-16)12-22-24(19(18)25)20-9-13-6-14(10-20)8-15(7-13)11-20/h1-5,12-15,23H,6-11H2. The molecule has 4 nitrogen and oxygen atoms in total. The van der Waals surface area contributed by atoms with E-state index in [1.54, 1.807) is 10.9 Å². The fourth-order valence-electron chi connectivity index (χ4n) is 5.86. The second kappa shape index (κ2) is 5.60. The van der Waals surface area contributed by atoms with Crippen LogP contribution < -0.4 is 10.9 Å². The van der Waals surface area contributed by atoms with Crippen LogP contribution in [0.4, 0.5) is 11.4 Å². The Kier molecular flexibility index (Phi) is 3.46. The highest BCUT2D eigenvalue weighted by molar-refractivity contribution is 6.33. The lowest BCUT2D eigenvalue weighted by atomic mass is 9.53. The number of aromatic nitrogens is 2. The summed E-state index contributed by atoms with van der Waals surface area (Å²) in [4.78, 5) is 13.0. The van der Waals surface area contributed by atoms with Gasteiger partial charge in [0.25, 0.3) is 5.56 Å². The van der Waals surface area contributed by atoms with Crippen molar-refractivity contribution in [1.29, 1.82) is 0 Å². The van der Waals surface area contributed by atoms with E-state index in [0.29, 0.717) is 5.69 Å². The van der Waals surface area contributed by atoms with Crippen LogP contribution in [0.5, 0.6) is 0 Å². The van der Waals surface area contributed by atoms with Gasteiger partial charge in [-0.05, 0) is 68.4 Å². The van der Waals surface area contributed by atoms with Crippen molar-refractivity contribution in [3.63, 3.8) is 0 Å². The summed E-state index contributed by atoms with van der Waals surface area (Å²) >= 11 is 6.45. The third-order valence-corrected chi connectivity index (χ3v) is 6.79. The number of benzene rings is 1. The predicted octanol–water partition coefficient (Wildman–Crippen LogP) is 4.57. The molecule has 1 heterocycles. The molecule has 1 N–H and O–H groups in total. The van der Waals surface area contributed by atoms with Gasteiger partial charge in [-0.25, -0.2) is 4.68 Å². The van der Waals surface area contributed by atoms with E-state index in [2.05, 4.69) is 10.4 Å². The second-order valence-corrected chi connectivity index (χ2v) is 8.60. The molecule has 0 saturated heterocycles. The Morgan fingerprint density at radius 3 is 2.24 bits per heavy atom. The minimum absolute atomic E-state index is 0.0965. The van der Waals surface area contributed by atoms with E-state index in [9.17, 15) is 4.79 Å². The fraction of sp³-hybridized carbons (Fsp3) is 0.500. The average Bonchev–Trinajstić information content (AvgIpc) is 2.59. The molecule has 6 rings (SSSR count). The van der Waals surface area contributed by atoms with Crippen LogP contribution in [0.25, 0.3) is 0 Å². The largest absolute Gasteiger partial charge is 0.353 e. The van der Waals surface area contributed by atoms with Gasteiger partial charge in [-0.3, -0.25) is 4.79 Å². The van der Waals surface area contributed by atoms with Gasteiger partial charge >= 0.3 is 0 Å². The molecule has 2 aromatic rings. The minimum Gasteiger partial charge on any atom is -0.353 e. The number of rotatable bonds is 3. The first-order valence-electron chi connectivity index (χ1n) is 9.23. The zero-order valence-corrected chi connectivity index (χ0v) is 14.9. The van der Waals surface area contributed by atoms with Crippen LogP contribution in [-0.2, 0) is 5.54 Å². The summed E-state index contributed by atoms with van der Waals surface area (Å²) in [5, 5.41) is 8.03. The van der Waals surface area contributed by atoms with Crippen molar-refractivity contribution in [1.82, 2.24) is 9.78 Å². The average molecular weight is 356 g/mol. The molecule has 0 radical (unpaired) electrons. The first-order chi connectivity index (χ1) is 12.1. The van der Waals surface area contributed by atoms with Gasteiger partial charge in [0.05, 0.1) is 17.4 Å². The molecule has 0 unspecified atom stereocenters. The number of hydrogen-bond acceptors (Lipinski definition) is 3. The zero-order chi connectivity index (χ0) is 17.0. The predicted molar refractivity (Wildman–Crippen MR) is 99.4 cm³/mol. The summed E-state index contributed by atoms with van der Waals surface area (Å²) in [6, 6.07) is 9.73. The first-order valence-corrected chi connectivity index (χ1v) is 9.61. The normalized spacial score (nSPS) is 32.8. The Morgan fingerprint density at radius 2 is 1.64 bits per heavy atom. The van der Waals surface area contributed by atoms with E-state index >= 15 is 0 Å². The Hall–Kier alpha value is -1.81. The summed E-state index contributed by atoms with van der Waals surface area (Å²) in [6.07, 6.45) is 9.02. The number of nitrogens with one attached hydrogen (secondary N) is 1. The Bertz CT molecular complexity index is 826. The van der Waals surface area contributed by atoms with Crippen LogP contribution in [0.15, 0.2) is 41.3 Å². The maximum atomic E-state index is 13.0. The molecule has 4 bridgehead atoms. The third-order valence-electron chi connectivity index (χ3n) is 6.43. The molecule has 0 atom stereocenters. The maximum absolute atomic E-state index is 13.0. The van der Waals surface area contributed by atoms with Gasteiger partial charge in [-0.1, -0.05) is 29.8 Å². The van der Waals surface area contributed by atoms with Gasteiger partial charge < -0.3 is 5.32 Å². The van der Waals surface area contributed by atoms with Crippen molar-refractivity contribution >= 4 is 23.0 Å². The summed E-state index contributed by atoms with van der Waals surface area (Å²) < 4.78 is 1.73. The van der Waals surface area contributed by atoms with Gasteiger partial charge in [0, 0.05) is 5.69 Å². The number of nitrogens with zero attached hydrogens (tertiary/aromatic N) is 2. The van der Waals surface area contributed by atoms with Crippen LogP contribution in [-0.4, -0.2) is 9.78 Å². The summed E-state index contributed by atoms with van der Waals surface area (Å²) in [7, 11) is 0. The highest BCUT2D eigenvalue weighted by Crippen LogP contribution is 2.58. The molecule has 1 aromatic heterocycles. The van der Waals surface area contributed by atoms with Gasteiger partial charge in [0.15, 0.2) is 0 Å². The van der Waals surface area contributed by atoms with Crippen molar-refractivity contribution < 1.29 is 0 Å². The van der Waals surface area contributed by atoms with Crippen LogP contribution in [0.3, 0.4) is 0 Å². The zero-order valence-electron chi connectivity index (χ0n) is 14.1. The molecule has 4 aliphatic rings. The number of halogens is 1. The van der Waals surface area contributed by atoms with Crippen LogP contribution in [0, 0.1) is 17.8 Å². The summed E-state index contributed by atoms with van der Waals surface area (Å²) in [5.74, 6) is 2.29. The molecular formula is C20H22ClN3O. The smallest absolute Gasteiger partial charge is 0.288 e. The third kappa shape index (κ3) is 2.50. The molecule has 4 fully saturated rings. The maximum Gasteiger partial charge on any atom is 0.288 e. The molecule has 130 valence electrons. The van der Waals surface area contributed by atoms with Crippen LogP contribution >= 0.6 is 11.6 Å². The highest BCUT2D eigenvalue weighted by Gasteiger charge is 2.53. The fourth-order valence-corrected chi connectivity index (χ4v) is 6.04. The topological polar surface area (TPSA) is 46.9 Å². The highest BCUT2D eigenvalue weighted by atomic mass is 35.5. The van der Waals surface area contributed by atoms with Crippen molar-refractivity contribution in [2.45, 2.75) is 44.1 Å². The summed E-state index contributed by atoms with van der Waals surface area (Å²) in [6.45, 7) is 0. The van der Waals surface area contributed by atoms with Crippen molar-refractivity contribution in [2.75, 3.05) is 5.32 Å². The SMILES string of the molecule is O=c1c(Cl)c(Nc2ccccc2)cnn1C12CC3CC(CC(C3)C1)C2. The van der Waals surface area contributed by atoms with Gasteiger partial charge in [0.1, 0.15) is 5.02 Å². The lowest BCUT2D eigenvalue weighted by molar-refractivity contribution is -0.0518. The van der Waals surface area contributed by atoms with Crippen molar-refractivity contribution in [3.05, 3.63) is 51.9 Å². The van der Waals surface area contributed by atoms with E-state index in [0.717, 1.165) is 42.7 Å².